The van der Waals surface area contributed by atoms with E-state index in [-0.39, 0.29) is 62.5 Å². The third-order valence-corrected chi connectivity index (χ3v) is 19.0. The van der Waals surface area contributed by atoms with Crippen LogP contribution in [0.2, 0.25) is 0 Å². The first kappa shape index (κ1) is 69.1. The van der Waals surface area contributed by atoms with Gasteiger partial charge in [-0.1, -0.05) is 78.9 Å². The summed E-state index contributed by atoms with van der Waals surface area (Å²) in [4.78, 5) is 118. The zero-order chi connectivity index (χ0) is 66.3. The highest BCUT2D eigenvalue weighted by molar-refractivity contribution is 7.54. The molecule has 1 fully saturated rings. The zero-order valence-electron chi connectivity index (χ0n) is 53.0. The molecule has 6 atom stereocenters. The lowest BCUT2D eigenvalue weighted by Gasteiger charge is -2.28. The van der Waals surface area contributed by atoms with Crippen LogP contribution in [0.5, 0.6) is 0 Å². The molecule has 4 N–H and O–H groups in total. The second-order valence-electron chi connectivity index (χ2n) is 26.0. The van der Waals surface area contributed by atoms with Gasteiger partial charge in [0.15, 0.2) is 5.78 Å². The summed E-state index contributed by atoms with van der Waals surface area (Å²) in [5.74, 6) is -6.58. The number of hydrogen-bond donors (Lipinski definition) is 3. The smallest absolute Gasteiger partial charge is 0.410 e. The van der Waals surface area contributed by atoms with Gasteiger partial charge in [-0.3, -0.25) is 66.4 Å². The van der Waals surface area contributed by atoms with Crippen molar-refractivity contribution in [2.45, 2.75) is 169 Å². The summed E-state index contributed by atoms with van der Waals surface area (Å²) in [6.45, 7) is 10.4. The van der Waals surface area contributed by atoms with Crippen molar-refractivity contribution in [1.29, 1.82) is 0 Å². The SMILES string of the molecule is C/C(=C\C(=O)C[C@H]1CCc2cccc3c2C(C1=O)[C@H](C(=O)N[C@@H](CCC(N)=O)[C@@H](C)OCc1ccc(CCCCc2cccc4c2n(C)c(=O)n4C2CCC(=O)NC2=O)cc1)C3)c1ccc(C(F)(F)P(=O)(OCOC(=O)C(C)(C)C)OCOC(=O)C(C)(C)C)cc1. The Labute approximate surface area is 527 Å². The Morgan fingerprint density at radius 2 is 1.42 bits per heavy atom. The van der Waals surface area contributed by atoms with Crippen molar-refractivity contribution in [3.63, 3.8) is 0 Å². The lowest BCUT2D eigenvalue weighted by Crippen LogP contribution is -2.47. The molecule has 1 saturated heterocycles. The summed E-state index contributed by atoms with van der Waals surface area (Å²) in [7, 11) is -3.90. The van der Waals surface area contributed by atoms with Crippen molar-refractivity contribution in [3.8, 4) is 0 Å². The number of aryl methyl sites for hydroxylation is 4. The molecule has 0 radical (unpaired) electrons. The molecule has 0 saturated carbocycles. The largest absolute Gasteiger partial charge is 0.438 e. The standard InChI is InChI=1S/C68H82F2N5O15P/c1-40(44-26-28-49(29-27-44)68(69,70)91(85,89-38-87-63(82)66(3,4)5)90-39-88-64(83)67(6,7)8)34-50(76)35-48-25-24-45-16-12-18-47-36-51(58(57(45)47)60(48)79)61(80)72-52(30-32-55(71)77)41(2)86-37-43-22-20-42(21-23-43)14-10-11-15-46-17-13-19-53-59(46)74(9)65(84)75(53)54-31-33-56(78)73-62(54)81/h12-13,16-23,26-29,34,41,48,51-52,54,58H,10-11,14-15,24-25,30-33,35-39H2,1-9H3,(H2,71,77)(H,72,80)(H,73,78,81)/b40-34+/t41-,48-,51-,52+,54?,58?/m1/s1. The number of para-hydroxylation sites is 1. The minimum absolute atomic E-state index is 0.0390. The number of halogens is 2. The van der Waals surface area contributed by atoms with E-state index in [9.17, 15) is 47.7 Å². The number of primary amides is 1. The molecule has 1 aliphatic heterocycles. The van der Waals surface area contributed by atoms with Crippen LogP contribution in [0.15, 0.2) is 95.8 Å². The number of carbonyl (C=O) groups is 8. The number of Topliss-reactive ketones (excluding diaryl/α,β-unsaturated/α-hetero) is 1. The van der Waals surface area contributed by atoms with E-state index in [1.54, 1.807) is 25.5 Å². The Morgan fingerprint density at radius 1 is 0.802 bits per heavy atom. The van der Waals surface area contributed by atoms with Crippen LogP contribution in [-0.2, 0) is 111 Å². The second kappa shape index (κ2) is 28.8. The number of esters is 2. The van der Waals surface area contributed by atoms with Gasteiger partial charge in [0.2, 0.25) is 37.2 Å². The molecule has 2 unspecified atom stereocenters. The number of benzene rings is 4. The van der Waals surface area contributed by atoms with Crippen LogP contribution >= 0.6 is 7.60 Å². The maximum atomic E-state index is 16.3. The topological polar surface area (TPSA) is 277 Å². The van der Waals surface area contributed by atoms with Gasteiger partial charge in [0, 0.05) is 37.8 Å². The molecule has 2 heterocycles. The Balaban J connectivity index is 0.875. The molecule has 91 heavy (non-hydrogen) atoms. The molecule has 0 bridgehead atoms. The highest BCUT2D eigenvalue weighted by atomic mass is 31.2. The van der Waals surface area contributed by atoms with Crippen molar-refractivity contribution in [2.24, 2.45) is 35.4 Å². The van der Waals surface area contributed by atoms with Gasteiger partial charge in [-0.05, 0) is 170 Å². The first-order valence-corrected chi connectivity index (χ1v) is 32.3. The van der Waals surface area contributed by atoms with E-state index in [1.165, 1.54) is 64.3 Å². The summed E-state index contributed by atoms with van der Waals surface area (Å²) in [5, 5.41) is 5.47. The molecule has 4 amide bonds. The number of fused-ring (bicyclic) bond motifs is 1. The minimum Gasteiger partial charge on any atom is -0.438 e. The van der Waals surface area contributed by atoms with E-state index < -0.39 is 115 Å². The Morgan fingerprint density at radius 3 is 2.04 bits per heavy atom. The molecule has 2 aliphatic carbocycles. The lowest BCUT2D eigenvalue weighted by molar-refractivity contribution is -0.163. The molecule has 488 valence electrons. The average molecular weight is 1280 g/mol. The summed E-state index contributed by atoms with van der Waals surface area (Å²) in [6, 6.07) is 22.5. The van der Waals surface area contributed by atoms with E-state index >= 15 is 8.78 Å². The van der Waals surface area contributed by atoms with E-state index in [4.69, 9.17) is 29.0 Å². The highest BCUT2D eigenvalue weighted by Crippen LogP contribution is 2.67. The number of hydrogen-bond acceptors (Lipinski definition) is 15. The molecule has 0 spiro atoms. The molecular weight excluding hydrogens is 1200 g/mol. The van der Waals surface area contributed by atoms with Gasteiger partial charge in [0.1, 0.15) is 11.8 Å². The Kier molecular flexibility index (Phi) is 21.9. The predicted octanol–water partition coefficient (Wildman–Crippen LogP) is 10.1. The maximum absolute atomic E-state index is 16.3. The second-order valence-corrected chi connectivity index (χ2v) is 28.1. The number of imide groups is 1. The van der Waals surface area contributed by atoms with Gasteiger partial charge in [-0.15, -0.1) is 0 Å². The third kappa shape index (κ3) is 16.3. The molecule has 1 aromatic heterocycles. The summed E-state index contributed by atoms with van der Waals surface area (Å²) >= 11 is 0. The first-order valence-electron chi connectivity index (χ1n) is 30.8. The average Bonchev–Trinajstić information content (AvgIpc) is 1.71. The van der Waals surface area contributed by atoms with Crippen LogP contribution in [0.25, 0.3) is 16.6 Å². The normalized spacial score (nSPS) is 18.7. The van der Waals surface area contributed by atoms with Crippen LogP contribution in [0.3, 0.4) is 0 Å². The number of piperidine rings is 1. The fourth-order valence-electron chi connectivity index (χ4n) is 11.9. The van der Waals surface area contributed by atoms with E-state index in [0.29, 0.717) is 35.9 Å². The van der Waals surface area contributed by atoms with Crippen LogP contribution in [-0.4, -0.2) is 82.0 Å². The van der Waals surface area contributed by atoms with Crippen LogP contribution in [0.4, 0.5) is 8.78 Å². The molecule has 8 rings (SSSR count). The molecular formula is C68H82F2N5O15P. The van der Waals surface area contributed by atoms with Crippen molar-refractivity contribution >= 4 is 71.3 Å². The summed E-state index contributed by atoms with van der Waals surface area (Å²) < 4.78 is 75.7. The zero-order valence-corrected chi connectivity index (χ0v) is 53.9. The van der Waals surface area contributed by atoms with E-state index in [2.05, 4.69) is 10.6 Å². The number of nitrogens with zero attached hydrogens (tertiary/aromatic N) is 2. The van der Waals surface area contributed by atoms with Crippen LogP contribution in [0.1, 0.15) is 163 Å². The van der Waals surface area contributed by atoms with Crippen molar-refractivity contribution < 1.29 is 75.0 Å². The van der Waals surface area contributed by atoms with Crippen molar-refractivity contribution in [1.82, 2.24) is 19.8 Å². The van der Waals surface area contributed by atoms with E-state index in [1.807, 2.05) is 60.7 Å². The van der Waals surface area contributed by atoms with Crippen molar-refractivity contribution in [3.05, 3.63) is 146 Å². The number of nitrogens with one attached hydrogen (secondary N) is 2. The van der Waals surface area contributed by atoms with Gasteiger partial charge < -0.3 is 25.3 Å². The first-order chi connectivity index (χ1) is 42.9. The Hall–Kier alpha value is -7.78. The molecule has 4 aromatic carbocycles. The van der Waals surface area contributed by atoms with Crippen molar-refractivity contribution in [2.75, 3.05) is 13.6 Å². The van der Waals surface area contributed by atoms with Gasteiger partial charge in [0.25, 0.3) is 0 Å². The minimum atomic E-state index is -5.59. The quantitative estimate of drug-likeness (QED) is 0.0110. The predicted molar refractivity (Wildman–Crippen MR) is 334 cm³/mol. The number of ether oxygens (including phenoxy) is 3. The highest BCUT2D eigenvalue weighted by Gasteiger charge is 2.56. The van der Waals surface area contributed by atoms with E-state index in [0.717, 1.165) is 70.3 Å². The maximum Gasteiger partial charge on any atom is 0.410 e. The number of ketones is 2. The third-order valence-electron chi connectivity index (χ3n) is 17.2. The Bertz CT molecular complexity index is 3690. The summed E-state index contributed by atoms with van der Waals surface area (Å²) in [5.41, 5.74) is 5.72. The number of imidazole rings is 1. The molecule has 3 aliphatic rings. The monoisotopic (exact) mass is 1280 g/mol. The van der Waals surface area contributed by atoms with Crippen LogP contribution in [0, 0.1) is 22.7 Å². The number of alkyl halides is 2. The molecule has 5 aromatic rings. The van der Waals surface area contributed by atoms with Gasteiger partial charge in [-0.2, -0.15) is 8.78 Å². The number of amides is 4. The summed E-state index contributed by atoms with van der Waals surface area (Å²) in [6.07, 6.45) is 5.37. The van der Waals surface area contributed by atoms with Gasteiger partial charge >= 0.3 is 30.9 Å². The lowest BCUT2D eigenvalue weighted by atomic mass is 9.81. The molecule has 20 nitrogen and oxygen atoms in total. The van der Waals surface area contributed by atoms with Gasteiger partial charge in [0.05, 0.1) is 52.5 Å². The number of rotatable bonds is 27. The number of unbranched alkanes of at least 4 members (excludes halogenated alkanes) is 1. The number of aromatic nitrogens is 2. The number of carbonyl (C=O) groups excluding carboxylic acids is 8. The number of allylic oxidation sites excluding steroid dienone is 2. The van der Waals surface area contributed by atoms with Crippen LogP contribution < -0.4 is 22.1 Å². The van der Waals surface area contributed by atoms with Gasteiger partial charge in [-0.25, -0.2) is 4.79 Å². The molecule has 23 heteroatoms. The fraction of sp³-hybridized carbons (Fsp3) is 0.485. The number of nitrogens with two attached hydrogens (primary N) is 1. The fourth-order valence-corrected chi connectivity index (χ4v) is 13.2.